The highest BCUT2D eigenvalue weighted by atomic mass is 79.9. The van der Waals surface area contributed by atoms with Crippen molar-refractivity contribution in [1.29, 1.82) is 0 Å². The molecular formula is C11H10Br2N4O2. The number of carbonyl (C=O) groups is 1. The Hall–Kier alpha value is -1.54. The number of ether oxygens (including phenoxy) is 1. The molecule has 0 atom stereocenters. The summed E-state index contributed by atoms with van der Waals surface area (Å²) in [5.41, 5.74) is 6.31. The monoisotopic (exact) mass is 388 g/mol. The number of hydrogen-bond acceptors (Lipinski definition) is 4. The van der Waals surface area contributed by atoms with Crippen molar-refractivity contribution in [3.63, 3.8) is 0 Å². The first-order valence-corrected chi connectivity index (χ1v) is 6.75. The number of carbonyl (C=O) groups excluding carboxylic acids is 1. The molecule has 0 fully saturated rings. The molecule has 0 bridgehead atoms. The topological polar surface area (TPSA) is 93.0 Å². The molecule has 19 heavy (non-hydrogen) atoms. The first-order valence-electron chi connectivity index (χ1n) is 5.16. The highest BCUT2D eigenvalue weighted by Crippen LogP contribution is 2.34. The maximum atomic E-state index is 12.0. The summed E-state index contributed by atoms with van der Waals surface area (Å²) in [5.74, 6) is 0.537. The number of aromatic amines is 1. The van der Waals surface area contributed by atoms with Gasteiger partial charge in [-0.3, -0.25) is 9.89 Å². The molecule has 2 aromatic rings. The molecule has 0 saturated heterocycles. The van der Waals surface area contributed by atoms with E-state index in [4.69, 9.17) is 10.5 Å². The van der Waals surface area contributed by atoms with Crippen LogP contribution in [0.25, 0.3) is 0 Å². The highest BCUT2D eigenvalue weighted by Gasteiger charge is 2.13. The number of aromatic nitrogens is 2. The van der Waals surface area contributed by atoms with Gasteiger partial charge in [0.15, 0.2) is 0 Å². The summed E-state index contributed by atoms with van der Waals surface area (Å²) in [6.45, 7) is 0. The summed E-state index contributed by atoms with van der Waals surface area (Å²) >= 11 is 6.72. The van der Waals surface area contributed by atoms with Crippen LogP contribution in [-0.4, -0.2) is 23.2 Å². The van der Waals surface area contributed by atoms with E-state index in [1.165, 1.54) is 6.07 Å². The molecule has 1 amide bonds. The minimum absolute atomic E-state index is 0.262. The van der Waals surface area contributed by atoms with Crippen LogP contribution in [0.5, 0.6) is 5.75 Å². The fourth-order valence-corrected chi connectivity index (χ4v) is 2.68. The van der Waals surface area contributed by atoms with Crippen LogP contribution in [0.1, 0.15) is 10.5 Å². The van der Waals surface area contributed by atoms with Crippen molar-refractivity contribution in [3.8, 4) is 5.75 Å². The average molecular weight is 390 g/mol. The second kappa shape index (κ2) is 5.62. The zero-order valence-electron chi connectivity index (χ0n) is 9.83. The molecule has 0 aliphatic rings. The van der Waals surface area contributed by atoms with Gasteiger partial charge >= 0.3 is 0 Å². The fraction of sp³-hybridized carbons (Fsp3) is 0.0909. The predicted octanol–water partition coefficient (Wildman–Crippen LogP) is 2.78. The van der Waals surface area contributed by atoms with E-state index in [1.807, 2.05) is 0 Å². The van der Waals surface area contributed by atoms with Gasteiger partial charge in [0, 0.05) is 16.6 Å². The minimum Gasteiger partial charge on any atom is -0.495 e. The molecule has 0 radical (unpaired) electrons. The standard InChI is InChI=1S/C11H10Br2N4O2/c1-19-9-3-7(5(12)2-6(9)13)15-11(18)8-4-10(14)17-16-8/h2-4H,1H3,(H,15,18)(H3,14,16,17). The van der Waals surface area contributed by atoms with Crippen LogP contribution in [-0.2, 0) is 0 Å². The number of hydrogen-bond donors (Lipinski definition) is 3. The number of rotatable bonds is 3. The molecule has 1 aromatic heterocycles. The van der Waals surface area contributed by atoms with E-state index in [0.717, 1.165) is 8.95 Å². The zero-order chi connectivity index (χ0) is 14.0. The number of H-pyrrole nitrogens is 1. The van der Waals surface area contributed by atoms with Gasteiger partial charge in [-0.15, -0.1) is 0 Å². The van der Waals surface area contributed by atoms with Crippen molar-refractivity contribution in [2.24, 2.45) is 0 Å². The lowest BCUT2D eigenvalue weighted by Crippen LogP contribution is -2.13. The van der Waals surface area contributed by atoms with Gasteiger partial charge in [0.25, 0.3) is 5.91 Å². The number of nitrogens with zero attached hydrogens (tertiary/aromatic N) is 1. The zero-order valence-corrected chi connectivity index (χ0v) is 13.0. The number of methoxy groups -OCH3 is 1. The summed E-state index contributed by atoms with van der Waals surface area (Å²) < 4.78 is 6.68. The van der Waals surface area contributed by atoms with E-state index in [2.05, 4.69) is 47.4 Å². The van der Waals surface area contributed by atoms with E-state index in [-0.39, 0.29) is 17.4 Å². The molecule has 0 unspecified atom stereocenters. The molecule has 4 N–H and O–H groups in total. The molecule has 0 aliphatic carbocycles. The third-order valence-corrected chi connectivity index (χ3v) is 3.61. The van der Waals surface area contributed by atoms with Crippen LogP contribution in [0.2, 0.25) is 0 Å². The quantitative estimate of drug-likeness (QED) is 0.752. The van der Waals surface area contributed by atoms with Crippen LogP contribution in [0.15, 0.2) is 27.1 Å². The first kappa shape index (κ1) is 13.9. The molecule has 2 rings (SSSR count). The Balaban J connectivity index is 2.26. The van der Waals surface area contributed by atoms with Crippen molar-refractivity contribution >= 4 is 49.3 Å². The summed E-state index contributed by atoms with van der Waals surface area (Å²) in [5, 5.41) is 8.97. The van der Waals surface area contributed by atoms with Crippen molar-refractivity contribution < 1.29 is 9.53 Å². The maximum absolute atomic E-state index is 12.0. The van der Waals surface area contributed by atoms with Crippen molar-refractivity contribution in [1.82, 2.24) is 10.2 Å². The molecule has 0 spiro atoms. The van der Waals surface area contributed by atoms with E-state index < -0.39 is 0 Å². The van der Waals surface area contributed by atoms with E-state index in [9.17, 15) is 4.79 Å². The van der Waals surface area contributed by atoms with Crippen molar-refractivity contribution in [2.75, 3.05) is 18.2 Å². The predicted molar refractivity (Wildman–Crippen MR) is 79.3 cm³/mol. The Morgan fingerprint density at radius 1 is 1.37 bits per heavy atom. The molecule has 100 valence electrons. The van der Waals surface area contributed by atoms with Crippen LogP contribution in [0.3, 0.4) is 0 Å². The number of benzene rings is 1. The first-order chi connectivity index (χ1) is 9.01. The maximum Gasteiger partial charge on any atom is 0.273 e. The van der Waals surface area contributed by atoms with Gasteiger partial charge in [-0.2, -0.15) is 5.10 Å². The normalized spacial score (nSPS) is 10.3. The van der Waals surface area contributed by atoms with Crippen LogP contribution in [0, 0.1) is 0 Å². The number of amides is 1. The summed E-state index contributed by atoms with van der Waals surface area (Å²) in [4.78, 5) is 12.0. The summed E-state index contributed by atoms with van der Waals surface area (Å²) in [6.07, 6.45) is 0. The van der Waals surface area contributed by atoms with Crippen LogP contribution < -0.4 is 15.8 Å². The SMILES string of the molecule is COc1cc(NC(=O)c2cc(N)n[nH]2)c(Br)cc1Br. The number of anilines is 2. The minimum atomic E-state index is -0.339. The lowest BCUT2D eigenvalue weighted by atomic mass is 10.3. The molecule has 0 saturated carbocycles. The van der Waals surface area contributed by atoms with Gasteiger partial charge < -0.3 is 15.8 Å². The van der Waals surface area contributed by atoms with Gasteiger partial charge in [-0.05, 0) is 37.9 Å². The van der Waals surface area contributed by atoms with Gasteiger partial charge in [0.1, 0.15) is 17.3 Å². The highest BCUT2D eigenvalue weighted by molar-refractivity contribution is 9.11. The van der Waals surface area contributed by atoms with E-state index in [0.29, 0.717) is 11.4 Å². The Kier molecular flexibility index (Phi) is 4.11. The van der Waals surface area contributed by atoms with E-state index >= 15 is 0 Å². The molecule has 6 nitrogen and oxygen atoms in total. The largest absolute Gasteiger partial charge is 0.495 e. The lowest BCUT2D eigenvalue weighted by Gasteiger charge is -2.10. The Labute approximate surface area is 126 Å². The third kappa shape index (κ3) is 3.07. The molecule has 1 heterocycles. The fourth-order valence-electron chi connectivity index (χ4n) is 1.42. The lowest BCUT2D eigenvalue weighted by molar-refractivity contribution is 0.102. The van der Waals surface area contributed by atoms with Crippen molar-refractivity contribution in [3.05, 3.63) is 32.8 Å². The summed E-state index contributed by atoms with van der Waals surface area (Å²) in [7, 11) is 1.55. The van der Waals surface area contributed by atoms with Crippen LogP contribution in [0.4, 0.5) is 11.5 Å². The molecular weight excluding hydrogens is 380 g/mol. The molecule has 8 heteroatoms. The Morgan fingerprint density at radius 3 is 2.68 bits per heavy atom. The summed E-state index contributed by atoms with van der Waals surface area (Å²) in [6, 6.07) is 4.95. The molecule has 1 aromatic carbocycles. The Morgan fingerprint density at radius 2 is 2.11 bits per heavy atom. The van der Waals surface area contributed by atoms with Crippen LogP contribution >= 0.6 is 31.9 Å². The number of halogens is 2. The van der Waals surface area contributed by atoms with Gasteiger partial charge in [0.2, 0.25) is 0 Å². The second-order valence-corrected chi connectivity index (χ2v) is 5.34. The molecule has 0 aliphatic heterocycles. The van der Waals surface area contributed by atoms with Gasteiger partial charge in [0.05, 0.1) is 17.3 Å². The number of nitrogen functional groups attached to an aromatic ring is 1. The van der Waals surface area contributed by atoms with Gasteiger partial charge in [-0.25, -0.2) is 0 Å². The number of nitrogens with two attached hydrogens (primary N) is 1. The van der Waals surface area contributed by atoms with E-state index in [1.54, 1.807) is 19.2 Å². The van der Waals surface area contributed by atoms with Gasteiger partial charge in [-0.1, -0.05) is 0 Å². The Bertz CT molecular complexity index is 627. The smallest absolute Gasteiger partial charge is 0.273 e. The van der Waals surface area contributed by atoms with Crippen molar-refractivity contribution in [2.45, 2.75) is 0 Å². The number of nitrogens with one attached hydrogen (secondary N) is 2. The second-order valence-electron chi connectivity index (χ2n) is 3.63. The third-order valence-electron chi connectivity index (χ3n) is 2.33. The average Bonchev–Trinajstić information content (AvgIpc) is 2.79.